The Balaban J connectivity index is 2.41. The van der Waals surface area contributed by atoms with E-state index in [0.717, 1.165) is 17.5 Å². The standard InChI is InChI=1S/C13H20N2O2/c1-2-11-5-3-4-6-12(11)13(17)15-8-7-14-9-10-16/h3-6,14,16H,2,7-10H2,1H3,(H,15,17). The molecular weight excluding hydrogens is 216 g/mol. The normalized spacial score (nSPS) is 10.2. The van der Waals surface area contributed by atoms with Gasteiger partial charge in [0.25, 0.3) is 5.91 Å². The number of aryl methyl sites for hydroxylation is 1. The number of hydrogen-bond acceptors (Lipinski definition) is 3. The minimum Gasteiger partial charge on any atom is -0.395 e. The summed E-state index contributed by atoms with van der Waals surface area (Å²) in [5.74, 6) is -0.0340. The van der Waals surface area contributed by atoms with Crippen LogP contribution in [0.15, 0.2) is 24.3 Å². The highest BCUT2D eigenvalue weighted by molar-refractivity contribution is 5.95. The largest absolute Gasteiger partial charge is 0.395 e. The first kappa shape index (κ1) is 13.7. The van der Waals surface area contributed by atoms with Crippen molar-refractivity contribution < 1.29 is 9.90 Å². The number of rotatable bonds is 7. The molecule has 17 heavy (non-hydrogen) atoms. The molecule has 0 unspecified atom stereocenters. The lowest BCUT2D eigenvalue weighted by Gasteiger charge is -2.09. The minimum absolute atomic E-state index is 0.0340. The van der Waals surface area contributed by atoms with E-state index in [0.29, 0.717) is 19.6 Å². The summed E-state index contributed by atoms with van der Waals surface area (Å²) in [6.45, 7) is 3.94. The van der Waals surface area contributed by atoms with Crippen LogP contribution in [0.5, 0.6) is 0 Å². The van der Waals surface area contributed by atoms with Crippen LogP contribution in [0.4, 0.5) is 0 Å². The first-order valence-electron chi connectivity index (χ1n) is 5.97. The number of nitrogens with one attached hydrogen (secondary N) is 2. The van der Waals surface area contributed by atoms with Gasteiger partial charge in [0, 0.05) is 25.2 Å². The van der Waals surface area contributed by atoms with Gasteiger partial charge in [-0.3, -0.25) is 4.79 Å². The Labute approximate surface area is 102 Å². The zero-order valence-electron chi connectivity index (χ0n) is 10.2. The maximum atomic E-state index is 11.9. The van der Waals surface area contributed by atoms with E-state index in [1.165, 1.54) is 0 Å². The Kier molecular flexibility index (Phi) is 6.29. The molecule has 0 spiro atoms. The van der Waals surface area contributed by atoms with Gasteiger partial charge in [-0.2, -0.15) is 0 Å². The molecule has 0 aliphatic carbocycles. The third kappa shape index (κ3) is 4.54. The third-order valence-electron chi connectivity index (χ3n) is 2.52. The van der Waals surface area contributed by atoms with Gasteiger partial charge in [-0.05, 0) is 18.1 Å². The highest BCUT2D eigenvalue weighted by Crippen LogP contribution is 2.08. The van der Waals surface area contributed by atoms with Crippen LogP contribution in [-0.4, -0.2) is 37.3 Å². The Hall–Kier alpha value is -1.39. The van der Waals surface area contributed by atoms with Crippen LogP contribution >= 0.6 is 0 Å². The molecule has 1 aromatic carbocycles. The summed E-state index contributed by atoms with van der Waals surface area (Å²) in [4.78, 5) is 11.9. The van der Waals surface area contributed by atoms with Crippen molar-refractivity contribution in [1.29, 1.82) is 0 Å². The molecule has 4 nitrogen and oxygen atoms in total. The SMILES string of the molecule is CCc1ccccc1C(=O)NCCNCCO. The van der Waals surface area contributed by atoms with E-state index in [1.807, 2.05) is 31.2 Å². The molecule has 0 radical (unpaired) electrons. The number of amides is 1. The van der Waals surface area contributed by atoms with Gasteiger partial charge in [0.2, 0.25) is 0 Å². The fourth-order valence-corrected chi connectivity index (χ4v) is 1.61. The molecule has 0 aliphatic rings. The fraction of sp³-hybridized carbons (Fsp3) is 0.462. The van der Waals surface area contributed by atoms with Crippen molar-refractivity contribution in [2.24, 2.45) is 0 Å². The van der Waals surface area contributed by atoms with Crippen LogP contribution in [0.1, 0.15) is 22.8 Å². The van der Waals surface area contributed by atoms with Gasteiger partial charge in [-0.15, -0.1) is 0 Å². The fourth-order valence-electron chi connectivity index (χ4n) is 1.61. The molecule has 0 atom stereocenters. The van der Waals surface area contributed by atoms with Gasteiger partial charge < -0.3 is 15.7 Å². The lowest BCUT2D eigenvalue weighted by atomic mass is 10.0. The van der Waals surface area contributed by atoms with Crippen molar-refractivity contribution >= 4 is 5.91 Å². The summed E-state index contributed by atoms with van der Waals surface area (Å²) < 4.78 is 0. The summed E-state index contributed by atoms with van der Waals surface area (Å²) in [5.41, 5.74) is 1.81. The van der Waals surface area contributed by atoms with Gasteiger partial charge in [0.15, 0.2) is 0 Å². The summed E-state index contributed by atoms with van der Waals surface area (Å²) in [6, 6.07) is 7.63. The van der Waals surface area contributed by atoms with E-state index >= 15 is 0 Å². The van der Waals surface area contributed by atoms with Crippen molar-refractivity contribution in [2.75, 3.05) is 26.2 Å². The van der Waals surface area contributed by atoms with Crippen LogP contribution < -0.4 is 10.6 Å². The smallest absolute Gasteiger partial charge is 0.251 e. The number of aliphatic hydroxyl groups excluding tert-OH is 1. The van der Waals surface area contributed by atoms with Crippen LogP contribution in [0, 0.1) is 0 Å². The van der Waals surface area contributed by atoms with Gasteiger partial charge in [-0.1, -0.05) is 25.1 Å². The maximum absolute atomic E-state index is 11.9. The first-order valence-corrected chi connectivity index (χ1v) is 5.97. The lowest BCUT2D eigenvalue weighted by Crippen LogP contribution is -2.33. The molecule has 0 heterocycles. The number of aliphatic hydroxyl groups is 1. The number of hydrogen-bond donors (Lipinski definition) is 3. The molecule has 1 aromatic rings. The summed E-state index contributed by atoms with van der Waals surface area (Å²) in [5, 5.41) is 14.4. The zero-order chi connectivity index (χ0) is 12.5. The van der Waals surface area contributed by atoms with Crippen molar-refractivity contribution in [2.45, 2.75) is 13.3 Å². The van der Waals surface area contributed by atoms with E-state index in [-0.39, 0.29) is 12.5 Å². The van der Waals surface area contributed by atoms with E-state index < -0.39 is 0 Å². The summed E-state index contributed by atoms with van der Waals surface area (Å²) in [7, 11) is 0. The van der Waals surface area contributed by atoms with Crippen LogP contribution in [-0.2, 0) is 6.42 Å². The molecule has 0 aromatic heterocycles. The van der Waals surface area contributed by atoms with E-state index in [2.05, 4.69) is 10.6 Å². The second-order valence-corrected chi connectivity index (χ2v) is 3.74. The predicted octanol–water partition coefficient (Wildman–Crippen LogP) is 0.561. The highest BCUT2D eigenvalue weighted by Gasteiger charge is 2.08. The number of benzene rings is 1. The molecular formula is C13H20N2O2. The van der Waals surface area contributed by atoms with Gasteiger partial charge in [-0.25, -0.2) is 0 Å². The van der Waals surface area contributed by atoms with E-state index in [4.69, 9.17) is 5.11 Å². The van der Waals surface area contributed by atoms with E-state index in [9.17, 15) is 4.79 Å². The zero-order valence-corrected chi connectivity index (χ0v) is 10.2. The Morgan fingerprint density at radius 3 is 2.71 bits per heavy atom. The predicted molar refractivity (Wildman–Crippen MR) is 68.1 cm³/mol. The molecule has 3 N–H and O–H groups in total. The van der Waals surface area contributed by atoms with E-state index in [1.54, 1.807) is 0 Å². The molecule has 94 valence electrons. The Morgan fingerprint density at radius 2 is 2.00 bits per heavy atom. The Morgan fingerprint density at radius 1 is 1.24 bits per heavy atom. The van der Waals surface area contributed by atoms with Gasteiger partial charge >= 0.3 is 0 Å². The molecule has 0 saturated heterocycles. The van der Waals surface area contributed by atoms with Crippen molar-refractivity contribution in [3.63, 3.8) is 0 Å². The minimum atomic E-state index is -0.0340. The molecule has 0 fully saturated rings. The van der Waals surface area contributed by atoms with Crippen LogP contribution in [0.3, 0.4) is 0 Å². The van der Waals surface area contributed by atoms with Crippen molar-refractivity contribution in [1.82, 2.24) is 10.6 Å². The second-order valence-electron chi connectivity index (χ2n) is 3.74. The highest BCUT2D eigenvalue weighted by atomic mass is 16.3. The Bertz CT molecular complexity index is 353. The topological polar surface area (TPSA) is 61.4 Å². The lowest BCUT2D eigenvalue weighted by molar-refractivity contribution is 0.0953. The average molecular weight is 236 g/mol. The number of carbonyl (C=O) groups excluding carboxylic acids is 1. The summed E-state index contributed by atoms with van der Waals surface area (Å²) in [6.07, 6.45) is 0.854. The third-order valence-corrected chi connectivity index (χ3v) is 2.52. The summed E-state index contributed by atoms with van der Waals surface area (Å²) >= 11 is 0. The van der Waals surface area contributed by atoms with Crippen molar-refractivity contribution in [3.05, 3.63) is 35.4 Å². The molecule has 0 saturated carbocycles. The van der Waals surface area contributed by atoms with Crippen LogP contribution in [0.25, 0.3) is 0 Å². The van der Waals surface area contributed by atoms with Crippen LogP contribution in [0.2, 0.25) is 0 Å². The second kappa shape index (κ2) is 7.81. The first-order chi connectivity index (χ1) is 8.29. The molecule has 1 amide bonds. The molecule has 0 aliphatic heterocycles. The molecule has 1 rings (SSSR count). The van der Waals surface area contributed by atoms with Crippen molar-refractivity contribution in [3.8, 4) is 0 Å². The quantitative estimate of drug-likeness (QED) is 0.606. The molecule has 4 heteroatoms. The van der Waals surface area contributed by atoms with Gasteiger partial charge in [0.05, 0.1) is 6.61 Å². The monoisotopic (exact) mass is 236 g/mol. The average Bonchev–Trinajstić information content (AvgIpc) is 2.38. The number of carbonyl (C=O) groups is 1. The maximum Gasteiger partial charge on any atom is 0.251 e. The molecule has 0 bridgehead atoms. The van der Waals surface area contributed by atoms with Gasteiger partial charge in [0.1, 0.15) is 0 Å².